The van der Waals surface area contributed by atoms with Crippen molar-refractivity contribution in [2.45, 2.75) is 12.3 Å². The first-order valence-corrected chi connectivity index (χ1v) is 8.02. The number of carbonyl (C=O) groups excluding carboxylic acids is 1. The van der Waals surface area contributed by atoms with Gasteiger partial charge in [-0.1, -0.05) is 0 Å². The number of hydrogen-bond donors (Lipinski definition) is 0. The van der Waals surface area contributed by atoms with E-state index in [-0.39, 0.29) is 11.3 Å². The third-order valence-electron chi connectivity index (χ3n) is 3.56. The van der Waals surface area contributed by atoms with Crippen LogP contribution in [0.4, 0.5) is 0 Å². The van der Waals surface area contributed by atoms with Gasteiger partial charge in [0.1, 0.15) is 11.1 Å². The molecule has 0 radical (unpaired) electrons. The summed E-state index contributed by atoms with van der Waals surface area (Å²) in [6.45, 7) is 2.65. The van der Waals surface area contributed by atoms with Gasteiger partial charge >= 0.3 is 0 Å². The van der Waals surface area contributed by atoms with Gasteiger partial charge in [0.05, 0.1) is 12.4 Å². The summed E-state index contributed by atoms with van der Waals surface area (Å²) < 4.78 is 7.52. The Hall–Kier alpha value is -1.88. The molecule has 0 aliphatic carbocycles. The summed E-state index contributed by atoms with van der Waals surface area (Å²) >= 11 is 1.67. The smallest absolute Gasteiger partial charge is 0.233 e. The van der Waals surface area contributed by atoms with Crippen LogP contribution in [0, 0.1) is 0 Å². The van der Waals surface area contributed by atoms with Gasteiger partial charge in [-0.2, -0.15) is 0 Å². The van der Waals surface area contributed by atoms with Crippen molar-refractivity contribution in [3.8, 4) is 11.4 Å². The van der Waals surface area contributed by atoms with E-state index in [0.717, 1.165) is 17.0 Å². The van der Waals surface area contributed by atoms with E-state index in [9.17, 15) is 4.79 Å². The maximum Gasteiger partial charge on any atom is 0.233 e. The Morgan fingerprint density at radius 1 is 1.29 bits per heavy atom. The molecule has 1 aliphatic heterocycles. The summed E-state index contributed by atoms with van der Waals surface area (Å²) in [5.41, 5.74) is 2.24. The Morgan fingerprint density at radius 2 is 2.05 bits per heavy atom. The summed E-state index contributed by atoms with van der Waals surface area (Å²) in [5.74, 6) is 1.64. The lowest BCUT2D eigenvalue weighted by Crippen LogP contribution is -2.22. The minimum absolute atomic E-state index is 0.126. The topological polar surface area (TPSA) is 34.5 Å². The van der Waals surface area contributed by atoms with Crippen molar-refractivity contribution >= 4 is 17.7 Å². The second-order valence-corrected chi connectivity index (χ2v) is 6.02. The van der Waals surface area contributed by atoms with Crippen molar-refractivity contribution in [2.24, 2.45) is 0 Å². The van der Waals surface area contributed by atoms with E-state index in [1.165, 1.54) is 0 Å². The maximum atomic E-state index is 11.6. The molecule has 1 saturated heterocycles. The second kappa shape index (κ2) is 5.85. The summed E-state index contributed by atoms with van der Waals surface area (Å²) in [6, 6.07) is 10.1. The predicted molar refractivity (Wildman–Crippen MR) is 84.9 cm³/mol. The molecule has 1 aliphatic rings. The van der Waals surface area contributed by atoms with Crippen LogP contribution in [0.25, 0.3) is 5.69 Å². The third kappa shape index (κ3) is 2.78. The minimum Gasteiger partial charge on any atom is -0.494 e. The maximum absolute atomic E-state index is 11.6. The lowest BCUT2D eigenvalue weighted by molar-refractivity contribution is -0.126. The van der Waals surface area contributed by atoms with Crippen LogP contribution >= 0.6 is 11.8 Å². The molecule has 1 fully saturated rings. The highest BCUT2D eigenvalue weighted by Gasteiger charge is 2.30. The van der Waals surface area contributed by atoms with Crippen molar-refractivity contribution in [3.05, 3.63) is 48.3 Å². The third-order valence-corrected chi connectivity index (χ3v) is 4.87. The standard InChI is InChI=1S/C16H18N2O2S/c1-3-20-14-6-4-13(5-7-14)18-9-8-12(10-18)16-17(2)15(19)11-21-16/h4-10,16H,3,11H2,1-2H3/t16-/m0/s1. The van der Waals surface area contributed by atoms with Crippen LogP contribution in [-0.4, -0.2) is 34.8 Å². The number of carbonyl (C=O) groups is 1. The lowest BCUT2D eigenvalue weighted by atomic mass is 10.3. The van der Waals surface area contributed by atoms with Crippen molar-refractivity contribution in [1.29, 1.82) is 0 Å². The van der Waals surface area contributed by atoms with Gasteiger partial charge in [0.25, 0.3) is 0 Å². The minimum atomic E-state index is 0.126. The van der Waals surface area contributed by atoms with Gasteiger partial charge < -0.3 is 14.2 Å². The van der Waals surface area contributed by atoms with Crippen LogP contribution in [0.1, 0.15) is 17.9 Å². The fourth-order valence-electron chi connectivity index (χ4n) is 2.42. The molecular weight excluding hydrogens is 284 g/mol. The average molecular weight is 302 g/mol. The van der Waals surface area contributed by atoms with Crippen LogP contribution in [0.15, 0.2) is 42.7 Å². The van der Waals surface area contributed by atoms with Gasteiger partial charge in [0, 0.05) is 30.7 Å². The highest BCUT2D eigenvalue weighted by atomic mass is 32.2. The van der Waals surface area contributed by atoms with E-state index in [2.05, 4.69) is 16.8 Å². The van der Waals surface area contributed by atoms with E-state index in [4.69, 9.17) is 4.74 Å². The van der Waals surface area contributed by atoms with Crippen molar-refractivity contribution < 1.29 is 9.53 Å². The van der Waals surface area contributed by atoms with Crippen LogP contribution in [0.3, 0.4) is 0 Å². The van der Waals surface area contributed by atoms with E-state index in [1.807, 2.05) is 49.3 Å². The van der Waals surface area contributed by atoms with Gasteiger partial charge in [0.2, 0.25) is 5.91 Å². The van der Waals surface area contributed by atoms with E-state index < -0.39 is 0 Å². The summed E-state index contributed by atoms with van der Waals surface area (Å²) in [4.78, 5) is 13.4. The number of amides is 1. The molecule has 1 aromatic heterocycles. The molecule has 1 aromatic carbocycles. The first kappa shape index (κ1) is 14.1. The quantitative estimate of drug-likeness (QED) is 0.870. The number of thioether (sulfide) groups is 1. The Bertz CT molecular complexity index is 636. The average Bonchev–Trinajstić information content (AvgIpc) is 3.09. The fraction of sp³-hybridized carbons (Fsp3) is 0.312. The molecule has 0 spiro atoms. The van der Waals surface area contributed by atoms with Crippen LogP contribution in [0.2, 0.25) is 0 Å². The van der Waals surface area contributed by atoms with Gasteiger partial charge in [0.15, 0.2) is 0 Å². The zero-order valence-corrected chi connectivity index (χ0v) is 13.0. The number of rotatable bonds is 4. The Morgan fingerprint density at radius 3 is 2.67 bits per heavy atom. The highest BCUT2D eigenvalue weighted by molar-refractivity contribution is 8.00. The molecule has 0 saturated carbocycles. The Kier molecular flexibility index (Phi) is 3.92. The summed E-state index contributed by atoms with van der Waals surface area (Å²) in [6.07, 6.45) is 4.12. The van der Waals surface area contributed by atoms with Crippen molar-refractivity contribution in [3.63, 3.8) is 0 Å². The molecule has 3 rings (SSSR count). The first-order chi connectivity index (χ1) is 10.2. The summed E-state index contributed by atoms with van der Waals surface area (Å²) in [7, 11) is 1.86. The number of hydrogen-bond acceptors (Lipinski definition) is 3. The lowest BCUT2D eigenvalue weighted by Gasteiger charge is -2.17. The van der Waals surface area contributed by atoms with E-state index in [0.29, 0.717) is 12.4 Å². The molecule has 2 heterocycles. The monoisotopic (exact) mass is 302 g/mol. The fourth-order valence-corrected chi connectivity index (χ4v) is 3.59. The molecular formula is C16H18N2O2S. The van der Waals surface area contributed by atoms with E-state index >= 15 is 0 Å². The molecule has 4 nitrogen and oxygen atoms in total. The molecule has 0 unspecified atom stereocenters. The molecule has 2 aromatic rings. The normalized spacial score (nSPS) is 18.3. The first-order valence-electron chi connectivity index (χ1n) is 6.97. The van der Waals surface area contributed by atoms with Crippen molar-refractivity contribution in [2.75, 3.05) is 19.4 Å². The Labute approximate surface area is 128 Å². The van der Waals surface area contributed by atoms with E-state index in [1.54, 1.807) is 11.8 Å². The van der Waals surface area contributed by atoms with Crippen LogP contribution < -0.4 is 4.74 Å². The van der Waals surface area contributed by atoms with Crippen LogP contribution in [-0.2, 0) is 4.79 Å². The molecule has 5 heteroatoms. The van der Waals surface area contributed by atoms with Gasteiger partial charge in [-0.3, -0.25) is 4.79 Å². The highest BCUT2D eigenvalue weighted by Crippen LogP contribution is 2.37. The SMILES string of the molecule is CCOc1ccc(-n2ccc([C@@H]3SCC(=O)N3C)c2)cc1. The number of ether oxygens (including phenoxy) is 1. The molecule has 21 heavy (non-hydrogen) atoms. The van der Waals surface area contributed by atoms with Gasteiger partial charge in [-0.15, -0.1) is 11.8 Å². The molecule has 0 N–H and O–H groups in total. The number of aromatic nitrogens is 1. The molecule has 0 bridgehead atoms. The predicted octanol–water partition coefficient (Wildman–Crippen LogP) is 3.08. The molecule has 1 amide bonds. The summed E-state index contributed by atoms with van der Waals surface area (Å²) in [5, 5.41) is 0.126. The largest absolute Gasteiger partial charge is 0.494 e. The Balaban J connectivity index is 1.80. The van der Waals surface area contributed by atoms with Gasteiger partial charge in [-0.25, -0.2) is 0 Å². The number of benzene rings is 1. The van der Waals surface area contributed by atoms with Gasteiger partial charge in [-0.05, 0) is 37.3 Å². The van der Waals surface area contributed by atoms with Crippen molar-refractivity contribution in [1.82, 2.24) is 9.47 Å². The zero-order valence-electron chi connectivity index (χ0n) is 12.2. The molecule has 1 atom stereocenters. The second-order valence-electron chi connectivity index (χ2n) is 4.95. The van der Waals surface area contributed by atoms with Crippen LogP contribution in [0.5, 0.6) is 5.75 Å². The number of nitrogens with zero attached hydrogens (tertiary/aromatic N) is 2. The molecule has 110 valence electrons. The zero-order chi connectivity index (χ0) is 14.8.